The molecule has 0 aliphatic carbocycles. The van der Waals surface area contributed by atoms with Crippen molar-refractivity contribution in [2.24, 2.45) is 0 Å². The van der Waals surface area contributed by atoms with Gasteiger partial charge in [-0.1, -0.05) is 30.3 Å². The standard InChI is InChI=1S/C20H14F4N2O3S/c21-14-4-2-1-3-13(14)15(9-17(27)28)25-18(29)16-10-30-19(26-16)11-5-7-12(8-6-11)20(22,23)24/h1-8,10,15H,9H2,(H,25,29)(H,27,28)/t15-/m0/s1. The van der Waals surface area contributed by atoms with Gasteiger partial charge in [-0.15, -0.1) is 11.3 Å². The van der Waals surface area contributed by atoms with E-state index in [1.165, 1.54) is 35.7 Å². The lowest BCUT2D eigenvalue weighted by molar-refractivity contribution is -0.138. The third kappa shape index (κ3) is 5.01. The van der Waals surface area contributed by atoms with Crippen molar-refractivity contribution in [1.82, 2.24) is 10.3 Å². The number of alkyl halides is 3. The Morgan fingerprint density at radius 3 is 2.37 bits per heavy atom. The first-order valence-corrected chi connectivity index (χ1v) is 9.43. The molecule has 1 atom stereocenters. The van der Waals surface area contributed by atoms with Crippen LogP contribution in [-0.4, -0.2) is 22.0 Å². The maximum Gasteiger partial charge on any atom is 0.416 e. The second-order valence-electron chi connectivity index (χ2n) is 6.26. The van der Waals surface area contributed by atoms with Crippen molar-refractivity contribution >= 4 is 23.2 Å². The SMILES string of the molecule is O=C(O)C[C@H](NC(=O)c1csc(-c2ccc(C(F)(F)F)cc2)n1)c1ccccc1F. The number of carboxylic acid groups (broad SMARTS) is 1. The molecule has 0 saturated carbocycles. The highest BCUT2D eigenvalue weighted by molar-refractivity contribution is 7.13. The fourth-order valence-corrected chi connectivity index (χ4v) is 3.52. The van der Waals surface area contributed by atoms with Gasteiger partial charge in [-0.3, -0.25) is 9.59 Å². The first-order chi connectivity index (χ1) is 14.1. The van der Waals surface area contributed by atoms with E-state index < -0.39 is 41.9 Å². The van der Waals surface area contributed by atoms with Crippen molar-refractivity contribution in [2.45, 2.75) is 18.6 Å². The van der Waals surface area contributed by atoms with Crippen molar-refractivity contribution in [3.05, 3.63) is 76.5 Å². The molecule has 0 bridgehead atoms. The Kier molecular flexibility index (Phi) is 6.16. The lowest BCUT2D eigenvalue weighted by Gasteiger charge is -2.17. The van der Waals surface area contributed by atoms with Crippen LogP contribution in [-0.2, 0) is 11.0 Å². The van der Waals surface area contributed by atoms with E-state index in [9.17, 15) is 27.2 Å². The molecule has 1 heterocycles. The average molecular weight is 438 g/mol. The number of nitrogens with zero attached hydrogens (tertiary/aromatic N) is 1. The zero-order valence-corrected chi connectivity index (χ0v) is 15.9. The third-order valence-electron chi connectivity index (χ3n) is 4.16. The molecule has 10 heteroatoms. The van der Waals surface area contributed by atoms with E-state index in [1.54, 1.807) is 0 Å². The molecule has 30 heavy (non-hydrogen) atoms. The van der Waals surface area contributed by atoms with Crippen LogP contribution in [0, 0.1) is 5.82 Å². The normalized spacial score (nSPS) is 12.4. The molecule has 0 saturated heterocycles. The quantitative estimate of drug-likeness (QED) is 0.536. The Balaban J connectivity index is 1.79. The smallest absolute Gasteiger partial charge is 0.416 e. The van der Waals surface area contributed by atoms with Gasteiger partial charge < -0.3 is 10.4 Å². The third-order valence-corrected chi connectivity index (χ3v) is 5.05. The predicted molar refractivity (Wildman–Crippen MR) is 101 cm³/mol. The van der Waals surface area contributed by atoms with Gasteiger partial charge in [0.25, 0.3) is 5.91 Å². The number of aliphatic carboxylic acids is 1. The summed E-state index contributed by atoms with van der Waals surface area (Å²) in [6, 6.07) is 8.69. The van der Waals surface area contributed by atoms with Crippen LogP contribution in [0.1, 0.15) is 34.1 Å². The van der Waals surface area contributed by atoms with Crippen molar-refractivity contribution in [2.75, 3.05) is 0 Å². The van der Waals surface area contributed by atoms with Gasteiger partial charge in [0.15, 0.2) is 0 Å². The van der Waals surface area contributed by atoms with Gasteiger partial charge in [-0.05, 0) is 18.2 Å². The van der Waals surface area contributed by atoms with E-state index in [2.05, 4.69) is 10.3 Å². The molecule has 2 aromatic carbocycles. The molecule has 3 rings (SSSR count). The first-order valence-electron chi connectivity index (χ1n) is 8.55. The molecule has 3 aromatic rings. The van der Waals surface area contributed by atoms with Gasteiger partial charge in [-0.25, -0.2) is 9.37 Å². The van der Waals surface area contributed by atoms with Gasteiger partial charge >= 0.3 is 12.1 Å². The van der Waals surface area contributed by atoms with Crippen molar-refractivity contribution < 1.29 is 32.3 Å². The highest BCUT2D eigenvalue weighted by Crippen LogP contribution is 2.32. The summed E-state index contributed by atoms with van der Waals surface area (Å²) in [5, 5.41) is 13.2. The van der Waals surface area contributed by atoms with Crippen LogP contribution in [0.2, 0.25) is 0 Å². The number of benzene rings is 2. The molecule has 0 spiro atoms. The van der Waals surface area contributed by atoms with Gasteiger partial charge in [0.1, 0.15) is 16.5 Å². The number of aromatic nitrogens is 1. The summed E-state index contributed by atoms with van der Waals surface area (Å²) in [6.45, 7) is 0. The minimum atomic E-state index is -4.46. The summed E-state index contributed by atoms with van der Waals surface area (Å²) in [7, 11) is 0. The van der Waals surface area contributed by atoms with Crippen LogP contribution in [0.15, 0.2) is 53.9 Å². The molecule has 1 aromatic heterocycles. The largest absolute Gasteiger partial charge is 0.481 e. The average Bonchev–Trinajstić information content (AvgIpc) is 3.17. The number of carbonyl (C=O) groups is 2. The summed E-state index contributed by atoms with van der Waals surface area (Å²) in [6.07, 6.45) is -5.00. The molecule has 0 radical (unpaired) electrons. The number of halogens is 4. The minimum Gasteiger partial charge on any atom is -0.481 e. The van der Waals surface area contributed by atoms with Crippen LogP contribution in [0.4, 0.5) is 17.6 Å². The van der Waals surface area contributed by atoms with E-state index in [0.29, 0.717) is 10.6 Å². The minimum absolute atomic E-state index is 0.0199. The van der Waals surface area contributed by atoms with Gasteiger partial charge in [0, 0.05) is 16.5 Å². The highest BCUT2D eigenvalue weighted by atomic mass is 32.1. The molecule has 0 unspecified atom stereocenters. The topological polar surface area (TPSA) is 79.3 Å². The number of nitrogens with one attached hydrogen (secondary N) is 1. The zero-order chi connectivity index (χ0) is 21.9. The molecular formula is C20H14F4N2O3S. The van der Waals surface area contributed by atoms with Gasteiger partial charge in [-0.2, -0.15) is 13.2 Å². The summed E-state index contributed by atoms with van der Waals surface area (Å²) < 4.78 is 52.1. The van der Waals surface area contributed by atoms with Crippen LogP contribution >= 0.6 is 11.3 Å². The number of carbonyl (C=O) groups excluding carboxylic acids is 1. The zero-order valence-electron chi connectivity index (χ0n) is 15.1. The summed E-state index contributed by atoms with van der Waals surface area (Å²) in [4.78, 5) is 27.8. The summed E-state index contributed by atoms with van der Waals surface area (Å²) >= 11 is 1.04. The van der Waals surface area contributed by atoms with Crippen LogP contribution in [0.3, 0.4) is 0 Å². The second kappa shape index (κ2) is 8.62. The highest BCUT2D eigenvalue weighted by Gasteiger charge is 2.30. The number of carboxylic acids is 1. The Labute approximate surface area is 172 Å². The molecule has 0 aliphatic heterocycles. The van der Waals surface area contributed by atoms with E-state index in [1.807, 2.05) is 0 Å². The Hall–Kier alpha value is -3.27. The van der Waals surface area contributed by atoms with Crippen LogP contribution < -0.4 is 5.32 Å². The molecule has 0 fully saturated rings. The lowest BCUT2D eigenvalue weighted by Crippen LogP contribution is -2.31. The van der Waals surface area contributed by atoms with Crippen LogP contribution in [0.25, 0.3) is 10.6 Å². The van der Waals surface area contributed by atoms with Gasteiger partial charge in [0.2, 0.25) is 0 Å². The number of thiazole rings is 1. The molecule has 0 aliphatic rings. The fourth-order valence-electron chi connectivity index (χ4n) is 2.72. The number of amides is 1. The van der Waals surface area contributed by atoms with Crippen LogP contribution in [0.5, 0.6) is 0 Å². The summed E-state index contributed by atoms with van der Waals surface area (Å²) in [5.41, 5.74) is -0.446. The molecule has 5 nitrogen and oxygen atoms in total. The number of rotatable bonds is 6. The second-order valence-corrected chi connectivity index (χ2v) is 7.12. The number of hydrogen-bond donors (Lipinski definition) is 2. The molecule has 156 valence electrons. The number of hydrogen-bond acceptors (Lipinski definition) is 4. The van der Waals surface area contributed by atoms with Crippen molar-refractivity contribution in [1.29, 1.82) is 0 Å². The van der Waals surface area contributed by atoms with E-state index in [4.69, 9.17) is 5.11 Å². The molecule has 2 N–H and O–H groups in total. The molecule has 1 amide bonds. The van der Waals surface area contributed by atoms with E-state index in [0.717, 1.165) is 29.5 Å². The molecular weight excluding hydrogens is 424 g/mol. The Bertz CT molecular complexity index is 1060. The van der Waals surface area contributed by atoms with E-state index in [-0.39, 0.29) is 11.3 Å². The van der Waals surface area contributed by atoms with Gasteiger partial charge in [0.05, 0.1) is 18.0 Å². The van der Waals surface area contributed by atoms with Crippen molar-refractivity contribution in [3.8, 4) is 10.6 Å². The Morgan fingerprint density at radius 2 is 1.77 bits per heavy atom. The first kappa shape index (κ1) is 21.4. The predicted octanol–water partition coefficient (Wildman–Crippen LogP) is 4.91. The maximum atomic E-state index is 14.0. The monoisotopic (exact) mass is 438 g/mol. The Morgan fingerprint density at radius 1 is 1.10 bits per heavy atom. The lowest BCUT2D eigenvalue weighted by atomic mass is 10.0. The van der Waals surface area contributed by atoms with E-state index >= 15 is 0 Å². The fraction of sp³-hybridized carbons (Fsp3) is 0.150. The van der Waals surface area contributed by atoms with Crippen molar-refractivity contribution in [3.63, 3.8) is 0 Å². The maximum absolute atomic E-state index is 14.0. The summed E-state index contributed by atoms with van der Waals surface area (Å²) in [5.74, 6) is -2.61.